The summed E-state index contributed by atoms with van der Waals surface area (Å²) < 4.78 is 0. The van der Waals surface area contributed by atoms with Gasteiger partial charge in [-0.05, 0) is 6.07 Å². The van der Waals surface area contributed by atoms with Gasteiger partial charge >= 0.3 is 0 Å². The van der Waals surface area contributed by atoms with Crippen LogP contribution < -0.4 is 5.32 Å². The van der Waals surface area contributed by atoms with Gasteiger partial charge in [0.2, 0.25) is 5.78 Å². The number of H-pyrrole nitrogens is 1. The molecule has 0 bridgehead atoms. The van der Waals surface area contributed by atoms with E-state index in [0.29, 0.717) is 0 Å². The molecule has 1 aromatic heterocycles. The molecule has 3 rings (SSSR count). The molecule has 0 unspecified atom stereocenters. The number of nitrogens with two attached hydrogens (primary N) is 1. The Bertz CT molecular complexity index is 731. The lowest BCUT2D eigenvalue weighted by Gasteiger charge is -2.11. The van der Waals surface area contributed by atoms with Crippen molar-refractivity contribution >= 4 is 16.7 Å². The maximum atomic E-state index is 12.8. The Kier molecular flexibility index (Phi) is 3.35. The van der Waals surface area contributed by atoms with E-state index in [1.165, 1.54) is 0 Å². The Hall–Kier alpha value is -2.39. The monoisotopic (exact) mass is 265 g/mol. The number of fused-ring (bicyclic) bond motifs is 1. The van der Waals surface area contributed by atoms with Crippen LogP contribution in [-0.2, 0) is 0 Å². The molecule has 20 heavy (non-hydrogen) atoms. The summed E-state index contributed by atoms with van der Waals surface area (Å²) in [6, 6.07) is 17.6. The molecule has 0 amide bonds. The van der Waals surface area contributed by atoms with Crippen LogP contribution >= 0.6 is 0 Å². The largest absolute Gasteiger partial charge is 0.360 e. The number of hydrogen-bond acceptors (Lipinski definition) is 1. The molecule has 0 aliphatic heterocycles. The Morgan fingerprint density at radius 3 is 2.50 bits per heavy atom. The number of benzene rings is 2. The highest BCUT2D eigenvalue weighted by atomic mass is 16.1. The van der Waals surface area contributed by atoms with Gasteiger partial charge in [-0.3, -0.25) is 4.79 Å². The van der Waals surface area contributed by atoms with E-state index in [2.05, 4.69) is 4.98 Å². The minimum absolute atomic E-state index is 0.135. The third kappa shape index (κ3) is 2.12. The van der Waals surface area contributed by atoms with Crippen LogP contribution in [-0.4, -0.2) is 17.8 Å². The summed E-state index contributed by atoms with van der Waals surface area (Å²) in [5, 5.41) is 2.94. The SMILES string of the molecule is C[NH2+][C@@H](C(=O)c1c[nH]c2ccccc12)c1ccccc1. The molecule has 1 heterocycles. The maximum absolute atomic E-state index is 12.8. The van der Waals surface area contributed by atoms with E-state index in [9.17, 15) is 4.79 Å². The number of para-hydroxylation sites is 1. The van der Waals surface area contributed by atoms with Gasteiger partial charge in [0.1, 0.15) is 0 Å². The molecular formula is C17H17N2O+. The predicted octanol–water partition coefficient (Wildman–Crippen LogP) is 2.29. The molecular weight excluding hydrogens is 248 g/mol. The van der Waals surface area contributed by atoms with Crippen molar-refractivity contribution in [2.45, 2.75) is 6.04 Å². The lowest BCUT2D eigenvalue weighted by atomic mass is 9.97. The van der Waals surface area contributed by atoms with Crippen LogP contribution in [0.4, 0.5) is 0 Å². The van der Waals surface area contributed by atoms with Gasteiger partial charge in [-0.25, -0.2) is 0 Å². The van der Waals surface area contributed by atoms with Crippen LogP contribution in [0.25, 0.3) is 10.9 Å². The Labute approximate surface area is 117 Å². The van der Waals surface area contributed by atoms with Crippen molar-refractivity contribution in [3.63, 3.8) is 0 Å². The molecule has 1 atom stereocenters. The summed E-state index contributed by atoms with van der Waals surface area (Å²) in [6.45, 7) is 0. The highest BCUT2D eigenvalue weighted by Crippen LogP contribution is 2.22. The number of carbonyl (C=O) groups excluding carboxylic acids is 1. The minimum Gasteiger partial charge on any atom is -0.360 e. The first kappa shape index (κ1) is 12.6. The van der Waals surface area contributed by atoms with Crippen molar-refractivity contribution < 1.29 is 10.1 Å². The van der Waals surface area contributed by atoms with Crippen molar-refractivity contribution in [1.29, 1.82) is 0 Å². The molecule has 0 fully saturated rings. The van der Waals surface area contributed by atoms with E-state index >= 15 is 0 Å². The minimum atomic E-state index is -0.199. The number of Topliss-reactive ketones (excluding diaryl/α,β-unsaturated/α-hetero) is 1. The molecule has 0 radical (unpaired) electrons. The van der Waals surface area contributed by atoms with E-state index < -0.39 is 0 Å². The van der Waals surface area contributed by atoms with Gasteiger partial charge in [0.25, 0.3) is 0 Å². The molecule has 3 N–H and O–H groups in total. The lowest BCUT2D eigenvalue weighted by molar-refractivity contribution is -0.654. The third-order valence-corrected chi connectivity index (χ3v) is 3.63. The number of carbonyl (C=O) groups is 1. The first-order chi connectivity index (χ1) is 9.81. The molecule has 100 valence electrons. The standard InChI is InChI=1S/C17H16N2O/c1-18-16(12-7-3-2-4-8-12)17(20)14-11-19-15-10-6-5-9-13(14)15/h2-11,16,18-19H,1H3/p+1/t16-/m1/s1. The first-order valence-electron chi connectivity index (χ1n) is 6.76. The van der Waals surface area contributed by atoms with Gasteiger partial charge in [-0.15, -0.1) is 0 Å². The molecule has 3 aromatic rings. The fraction of sp³-hybridized carbons (Fsp3) is 0.118. The van der Waals surface area contributed by atoms with Crippen molar-refractivity contribution in [3.8, 4) is 0 Å². The number of rotatable bonds is 4. The average molecular weight is 265 g/mol. The summed E-state index contributed by atoms with van der Waals surface area (Å²) in [5.41, 5.74) is 2.79. The van der Waals surface area contributed by atoms with E-state index in [0.717, 1.165) is 22.0 Å². The van der Waals surface area contributed by atoms with E-state index in [1.54, 1.807) is 0 Å². The van der Waals surface area contributed by atoms with Crippen molar-refractivity contribution in [3.05, 3.63) is 71.9 Å². The number of likely N-dealkylation sites (N-methyl/N-ethyl adjacent to an activating group) is 1. The number of nitrogens with one attached hydrogen (secondary N) is 1. The number of quaternary nitrogens is 1. The van der Waals surface area contributed by atoms with Gasteiger partial charge in [-0.1, -0.05) is 48.5 Å². The molecule has 3 heteroatoms. The van der Waals surface area contributed by atoms with Crippen LogP contribution in [0.1, 0.15) is 22.0 Å². The smallest absolute Gasteiger partial charge is 0.226 e. The number of hydrogen-bond donors (Lipinski definition) is 2. The molecule has 0 aliphatic rings. The Balaban J connectivity index is 2.03. The second-order valence-corrected chi connectivity index (χ2v) is 4.83. The highest BCUT2D eigenvalue weighted by molar-refractivity contribution is 6.09. The van der Waals surface area contributed by atoms with Crippen LogP contribution in [0.2, 0.25) is 0 Å². The van der Waals surface area contributed by atoms with E-state index in [-0.39, 0.29) is 11.8 Å². The summed E-state index contributed by atoms with van der Waals surface area (Å²) in [5.74, 6) is 0.135. The first-order valence-corrected chi connectivity index (χ1v) is 6.76. The van der Waals surface area contributed by atoms with Crippen molar-refractivity contribution in [2.75, 3.05) is 7.05 Å². The third-order valence-electron chi connectivity index (χ3n) is 3.63. The fourth-order valence-electron chi connectivity index (χ4n) is 2.60. The maximum Gasteiger partial charge on any atom is 0.226 e. The van der Waals surface area contributed by atoms with Crippen LogP contribution in [0.3, 0.4) is 0 Å². The molecule has 3 nitrogen and oxygen atoms in total. The summed E-state index contributed by atoms with van der Waals surface area (Å²) >= 11 is 0. The zero-order valence-electron chi connectivity index (χ0n) is 11.3. The predicted molar refractivity (Wildman–Crippen MR) is 79.7 cm³/mol. The molecule has 2 aromatic carbocycles. The average Bonchev–Trinajstić information content (AvgIpc) is 2.93. The summed E-state index contributed by atoms with van der Waals surface area (Å²) in [4.78, 5) is 16.0. The zero-order chi connectivity index (χ0) is 13.9. The van der Waals surface area contributed by atoms with Gasteiger partial charge in [0.05, 0.1) is 7.05 Å². The Morgan fingerprint density at radius 2 is 1.75 bits per heavy atom. The van der Waals surface area contributed by atoms with Crippen molar-refractivity contribution in [2.24, 2.45) is 0 Å². The van der Waals surface area contributed by atoms with E-state index in [1.807, 2.05) is 73.2 Å². The van der Waals surface area contributed by atoms with Gasteiger partial charge in [0, 0.05) is 28.2 Å². The number of ketones is 1. The van der Waals surface area contributed by atoms with Crippen LogP contribution in [0.5, 0.6) is 0 Å². The van der Waals surface area contributed by atoms with Gasteiger partial charge in [0.15, 0.2) is 6.04 Å². The van der Waals surface area contributed by atoms with Gasteiger partial charge in [-0.2, -0.15) is 0 Å². The van der Waals surface area contributed by atoms with Crippen LogP contribution in [0, 0.1) is 0 Å². The van der Waals surface area contributed by atoms with E-state index in [4.69, 9.17) is 0 Å². The van der Waals surface area contributed by atoms with Crippen LogP contribution in [0.15, 0.2) is 60.8 Å². The quantitative estimate of drug-likeness (QED) is 0.699. The van der Waals surface area contributed by atoms with Crippen molar-refractivity contribution in [1.82, 2.24) is 4.98 Å². The number of aromatic nitrogens is 1. The number of aromatic amines is 1. The normalized spacial score (nSPS) is 12.4. The molecule has 0 spiro atoms. The topological polar surface area (TPSA) is 49.5 Å². The lowest BCUT2D eigenvalue weighted by Crippen LogP contribution is -2.82. The second-order valence-electron chi connectivity index (χ2n) is 4.83. The van der Waals surface area contributed by atoms with Gasteiger partial charge < -0.3 is 10.3 Å². The highest BCUT2D eigenvalue weighted by Gasteiger charge is 2.25. The fourth-order valence-corrected chi connectivity index (χ4v) is 2.60. The molecule has 0 aliphatic carbocycles. The summed E-state index contributed by atoms with van der Waals surface area (Å²) in [6.07, 6.45) is 1.81. The summed E-state index contributed by atoms with van der Waals surface area (Å²) in [7, 11) is 1.93. The Morgan fingerprint density at radius 1 is 1.05 bits per heavy atom. The molecule has 0 saturated carbocycles. The zero-order valence-corrected chi connectivity index (χ0v) is 11.3. The second kappa shape index (κ2) is 5.31. The molecule has 0 saturated heterocycles.